The van der Waals surface area contributed by atoms with Gasteiger partial charge in [-0.05, 0) is 30.9 Å². The fraction of sp³-hybridized carbons (Fsp3) is 0.375. The van der Waals surface area contributed by atoms with E-state index in [1.807, 2.05) is 6.07 Å². The Kier molecular flexibility index (Phi) is 3.23. The van der Waals surface area contributed by atoms with Gasteiger partial charge in [-0.2, -0.15) is 0 Å². The van der Waals surface area contributed by atoms with Crippen molar-refractivity contribution >= 4 is 12.2 Å². The topological polar surface area (TPSA) is 28.7 Å². The molecule has 1 heterocycles. The second-order valence-electron chi connectivity index (χ2n) is 5.29. The lowest BCUT2D eigenvalue weighted by Crippen LogP contribution is -2.14. The summed E-state index contributed by atoms with van der Waals surface area (Å²) in [5.74, 6) is 1.05. The van der Waals surface area contributed by atoms with Crippen LogP contribution in [0.4, 0.5) is 0 Å². The highest BCUT2D eigenvalue weighted by Crippen LogP contribution is 2.51. The molecule has 1 aromatic carbocycles. The van der Waals surface area contributed by atoms with Gasteiger partial charge in [0, 0.05) is 5.69 Å². The third kappa shape index (κ3) is 2.35. The van der Waals surface area contributed by atoms with Crippen LogP contribution in [-0.2, 0) is 11.8 Å². The SMILES string of the molecule is CCCc1cc(=S)nc(C2(c3ccccc3)CC2)[nH]1. The monoisotopic (exact) mass is 270 g/mol. The van der Waals surface area contributed by atoms with Crippen LogP contribution < -0.4 is 0 Å². The van der Waals surface area contributed by atoms with Crippen LogP contribution in [-0.4, -0.2) is 9.97 Å². The van der Waals surface area contributed by atoms with E-state index >= 15 is 0 Å². The number of aromatic amines is 1. The van der Waals surface area contributed by atoms with Crippen LogP contribution >= 0.6 is 12.2 Å². The predicted octanol–water partition coefficient (Wildman–Crippen LogP) is 4.17. The summed E-state index contributed by atoms with van der Waals surface area (Å²) in [5, 5.41) is 0. The minimum absolute atomic E-state index is 0.0819. The third-order valence-corrected chi connectivity index (χ3v) is 4.06. The second kappa shape index (κ2) is 4.89. The zero-order valence-corrected chi connectivity index (χ0v) is 12.0. The van der Waals surface area contributed by atoms with E-state index in [-0.39, 0.29) is 5.41 Å². The van der Waals surface area contributed by atoms with E-state index in [9.17, 15) is 0 Å². The van der Waals surface area contributed by atoms with Crippen molar-refractivity contribution in [2.24, 2.45) is 0 Å². The van der Waals surface area contributed by atoms with E-state index in [4.69, 9.17) is 12.2 Å². The maximum atomic E-state index is 5.32. The van der Waals surface area contributed by atoms with Crippen molar-refractivity contribution in [1.82, 2.24) is 9.97 Å². The summed E-state index contributed by atoms with van der Waals surface area (Å²) in [4.78, 5) is 8.10. The number of nitrogens with zero attached hydrogens (tertiary/aromatic N) is 1. The summed E-state index contributed by atoms with van der Waals surface area (Å²) in [6.45, 7) is 2.18. The average Bonchev–Trinajstić information content (AvgIpc) is 3.21. The Morgan fingerprint density at radius 2 is 2.00 bits per heavy atom. The Labute approximate surface area is 118 Å². The maximum Gasteiger partial charge on any atom is 0.130 e. The lowest BCUT2D eigenvalue weighted by Gasteiger charge is -2.16. The molecule has 3 rings (SSSR count). The summed E-state index contributed by atoms with van der Waals surface area (Å²) in [6.07, 6.45) is 4.47. The highest BCUT2D eigenvalue weighted by atomic mass is 32.1. The highest BCUT2D eigenvalue weighted by molar-refractivity contribution is 7.71. The van der Waals surface area contributed by atoms with E-state index in [1.165, 1.54) is 11.3 Å². The van der Waals surface area contributed by atoms with Gasteiger partial charge in [-0.15, -0.1) is 0 Å². The molecule has 0 spiro atoms. The fourth-order valence-electron chi connectivity index (χ4n) is 2.68. The Hall–Kier alpha value is -1.48. The minimum Gasteiger partial charge on any atom is -0.346 e. The number of hydrogen-bond acceptors (Lipinski definition) is 2. The molecule has 1 aliphatic rings. The van der Waals surface area contributed by atoms with Gasteiger partial charge < -0.3 is 4.98 Å². The van der Waals surface area contributed by atoms with Gasteiger partial charge in [0.15, 0.2) is 0 Å². The lowest BCUT2D eigenvalue weighted by atomic mass is 9.95. The van der Waals surface area contributed by atoms with Gasteiger partial charge in [-0.1, -0.05) is 55.9 Å². The van der Waals surface area contributed by atoms with Crippen LogP contribution in [0.3, 0.4) is 0 Å². The summed E-state index contributed by atoms with van der Waals surface area (Å²) in [5.41, 5.74) is 2.64. The van der Waals surface area contributed by atoms with Crippen molar-refractivity contribution in [3.8, 4) is 0 Å². The summed E-state index contributed by atoms with van der Waals surface area (Å²) in [6, 6.07) is 12.6. The Balaban J connectivity index is 2.05. The quantitative estimate of drug-likeness (QED) is 0.845. The Bertz CT molecular complexity index is 627. The van der Waals surface area contributed by atoms with Crippen molar-refractivity contribution in [2.75, 3.05) is 0 Å². The molecule has 1 saturated carbocycles. The smallest absolute Gasteiger partial charge is 0.130 e. The standard InChI is InChI=1S/C16H18N2S/c1-2-6-13-11-14(19)18-15(17-13)16(9-10-16)12-7-4-3-5-8-12/h3-5,7-8,11H,2,6,9-10H2,1H3,(H,17,18,19). The Morgan fingerprint density at radius 3 is 2.63 bits per heavy atom. The molecular weight excluding hydrogens is 252 g/mol. The molecule has 0 unspecified atom stereocenters. The molecule has 3 heteroatoms. The molecule has 0 radical (unpaired) electrons. The molecule has 0 atom stereocenters. The van der Waals surface area contributed by atoms with E-state index in [2.05, 4.69) is 47.2 Å². The van der Waals surface area contributed by atoms with Crippen molar-refractivity contribution in [3.05, 3.63) is 58.1 Å². The molecule has 98 valence electrons. The van der Waals surface area contributed by atoms with Crippen LogP contribution in [0.5, 0.6) is 0 Å². The molecule has 0 saturated heterocycles. The van der Waals surface area contributed by atoms with Crippen LogP contribution in [0.1, 0.15) is 43.3 Å². The first-order chi connectivity index (χ1) is 9.24. The predicted molar refractivity (Wildman–Crippen MR) is 79.9 cm³/mol. The first kappa shape index (κ1) is 12.5. The van der Waals surface area contributed by atoms with Gasteiger partial charge in [0.2, 0.25) is 0 Å². The van der Waals surface area contributed by atoms with Gasteiger partial charge in [0.05, 0.1) is 5.41 Å². The largest absolute Gasteiger partial charge is 0.346 e. The third-order valence-electron chi connectivity index (χ3n) is 3.85. The second-order valence-corrected chi connectivity index (χ2v) is 5.71. The molecule has 1 aliphatic carbocycles. The molecule has 1 aromatic heterocycles. The molecule has 0 bridgehead atoms. The number of hydrogen-bond donors (Lipinski definition) is 1. The van der Waals surface area contributed by atoms with Gasteiger partial charge in [0.1, 0.15) is 10.5 Å². The van der Waals surface area contributed by atoms with Crippen LogP contribution in [0.2, 0.25) is 0 Å². The maximum absolute atomic E-state index is 5.32. The van der Waals surface area contributed by atoms with Crippen molar-refractivity contribution in [2.45, 2.75) is 38.0 Å². The highest BCUT2D eigenvalue weighted by Gasteiger charge is 2.48. The van der Waals surface area contributed by atoms with Gasteiger partial charge in [-0.25, -0.2) is 4.98 Å². The molecule has 1 N–H and O–H groups in total. The molecule has 0 amide bonds. The summed E-state index contributed by atoms with van der Waals surface area (Å²) < 4.78 is 0.708. The van der Waals surface area contributed by atoms with E-state index in [0.29, 0.717) is 4.64 Å². The van der Waals surface area contributed by atoms with Crippen LogP contribution in [0.15, 0.2) is 36.4 Å². The number of nitrogens with one attached hydrogen (secondary N) is 1. The van der Waals surface area contributed by atoms with Gasteiger partial charge in [0.25, 0.3) is 0 Å². The van der Waals surface area contributed by atoms with Gasteiger partial charge >= 0.3 is 0 Å². The molecule has 2 nitrogen and oxygen atoms in total. The molecule has 0 aliphatic heterocycles. The number of H-pyrrole nitrogens is 1. The molecule has 1 fully saturated rings. The Morgan fingerprint density at radius 1 is 1.26 bits per heavy atom. The number of rotatable bonds is 4. The van der Waals surface area contributed by atoms with E-state index in [0.717, 1.165) is 31.5 Å². The number of benzene rings is 1. The van der Waals surface area contributed by atoms with Gasteiger partial charge in [-0.3, -0.25) is 0 Å². The summed E-state index contributed by atoms with van der Waals surface area (Å²) in [7, 11) is 0. The number of aryl methyl sites for hydroxylation is 1. The first-order valence-corrected chi connectivity index (χ1v) is 7.32. The fourth-order valence-corrected chi connectivity index (χ4v) is 2.92. The first-order valence-electron chi connectivity index (χ1n) is 6.91. The molecule has 2 aromatic rings. The average molecular weight is 270 g/mol. The van der Waals surface area contributed by atoms with E-state index < -0.39 is 0 Å². The molecule has 19 heavy (non-hydrogen) atoms. The minimum atomic E-state index is 0.0819. The summed E-state index contributed by atoms with van der Waals surface area (Å²) >= 11 is 5.32. The lowest BCUT2D eigenvalue weighted by molar-refractivity contribution is 0.729. The van der Waals surface area contributed by atoms with Crippen LogP contribution in [0, 0.1) is 4.64 Å². The normalized spacial score (nSPS) is 16.3. The zero-order chi connectivity index (χ0) is 13.3. The van der Waals surface area contributed by atoms with Crippen molar-refractivity contribution in [1.29, 1.82) is 0 Å². The van der Waals surface area contributed by atoms with Crippen LogP contribution in [0.25, 0.3) is 0 Å². The van der Waals surface area contributed by atoms with E-state index in [1.54, 1.807) is 0 Å². The number of aromatic nitrogens is 2. The van der Waals surface area contributed by atoms with Crippen molar-refractivity contribution < 1.29 is 0 Å². The molecular formula is C16H18N2S. The van der Waals surface area contributed by atoms with Crippen molar-refractivity contribution in [3.63, 3.8) is 0 Å². The zero-order valence-electron chi connectivity index (χ0n) is 11.1.